The predicted molar refractivity (Wildman–Crippen MR) is 244 cm³/mol. The Balaban J connectivity index is 1.17. The van der Waals surface area contributed by atoms with E-state index in [1.54, 1.807) is 0 Å². The normalized spacial score (nSPS) is 13.2. The highest BCUT2D eigenvalue weighted by Gasteiger charge is 2.43. The van der Waals surface area contributed by atoms with Crippen LogP contribution >= 0.6 is 0 Å². The SMILES string of the molecule is c1ccc(N2c3cc4ccccc4cc3B3c4c2cc(-c2cc5ccc6cccc7ccc(c2)c5c67)cc4-n2c4ccccc4c4c5ccccc5cc3c42)cc1. The van der Waals surface area contributed by atoms with E-state index in [9.17, 15) is 0 Å². The summed E-state index contributed by atoms with van der Waals surface area (Å²) in [4.78, 5) is 2.54. The number of rotatable bonds is 2. The molecule has 0 saturated carbocycles. The Hall–Kier alpha value is -7.36. The van der Waals surface area contributed by atoms with Crippen LogP contribution in [-0.4, -0.2) is 11.3 Å². The maximum atomic E-state index is 2.60. The van der Waals surface area contributed by atoms with Gasteiger partial charge in [-0.1, -0.05) is 140 Å². The van der Waals surface area contributed by atoms with E-state index in [-0.39, 0.29) is 6.71 Å². The molecule has 11 aromatic carbocycles. The van der Waals surface area contributed by atoms with Gasteiger partial charge in [-0.05, 0) is 130 Å². The van der Waals surface area contributed by atoms with Crippen molar-refractivity contribution in [2.24, 2.45) is 0 Å². The van der Waals surface area contributed by atoms with Crippen LogP contribution in [0.15, 0.2) is 188 Å². The fraction of sp³-hybridized carbons (Fsp3) is 0. The number of hydrogen-bond acceptors (Lipinski definition) is 1. The lowest BCUT2D eigenvalue weighted by molar-refractivity contribution is 1.18. The number of fused-ring (bicyclic) bond motifs is 10. The predicted octanol–water partition coefficient (Wildman–Crippen LogP) is 12.3. The smallest absolute Gasteiger partial charge is 0.252 e. The van der Waals surface area contributed by atoms with Crippen LogP contribution in [0, 0.1) is 0 Å². The molecule has 0 atom stereocenters. The number of benzene rings is 11. The Kier molecular flexibility index (Phi) is 5.61. The van der Waals surface area contributed by atoms with Gasteiger partial charge in [0, 0.05) is 33.5 Å². The second-order valence-electron chi connectivity index (χ2n) is 16.1. The van der Waals surface area contributed by atoms with Crippen molar-refractivity contribution in [3.63, 3.8) is 0 Å². The molecule has 3 heterocycles. The van der Waals surface area contributed by atoms with E-state index in [1.807, 2.05) is 0 Å². The van der Waals surface area contributed by atoms with Gasteiger partial charge >= 0.3 is 0 Å². The summed E-state index contributed by atoms with van der Waals surface area (Å²) in [5, 5.41) is 15.6. The van der Waals surface area contributed by atoms with Crippen molar-refractivity contribution in [1.82, 2.24) is 4.57 Å². The molecular weight excluding hydrogens is 687 g/mol. The van der Waals surface area contributed by atoms with Crippen molar-refractivity contribution in [3.8, 4) is 16.8 Å². The van der Waals surface area contributed by atoms with Gasteiger partial charge in [-0.2, -0.15) is 0 Å². The maximum absolute atomic E-state index is 2.60. The van der Waals surface area contributed by atoms with Gasteiger partial charge in [0.1, 0.15) is 0 Å². The third kappa shape index (κ3) is 3.86. The Labute approximate surface area is 328 Å². The molecular formula is C54H31BN2. The first-order valence-corrected chi connectivity index (χ1v) is 20.0. The maximum Gasteiger partial charge on any atom is 0.252 e. The zero-order valence-electron chi connectivity index (χ0n) is 30.9. The molecule has 0 unspecified atom stereocenters. The van der Waals surface area contributed by atoms with Crippen molar-refractivity contribution < 1.29 is 0 Å². The molecule has 12 aromatic rings. The largest absolute Gasteiger partial charge is 0.311 e. The van der Waals surface area contributed by atoms with E-state index in [2.05, 4.69) is 198 Å². The summed E-state index contributed by atoms with van der Waals surface area (Å²) in [7, 11) is 0. The number of nitrogens with zero attached hydrogens (tertiary/aromatic N) is 2. The summed E-state index contributed by atoms with van der Waals surface area (Å²) in [5.74, 6) is 0. The Morgan fingerprint density at radius 3 is 1.72 bits per heavy atom. The van der Waals surface area contributed by atoms with Crippen LogP contribution in [0.25, 0.3) is 92.5 Å². The molecule has 0 aliphatic carbocycles. The molecule has 2 aliphatic heterocycles. The van der Waals surface area contributed by atoms with Crippen LogP contribution in [-0.2, 0) is 0 Å². The van der Waals surface area contributed by atoms with Gasteiger partial charge in [-0.3, -0.25) is 0 Å². The average molecular weight is 719 g/mol. The second-order valence-corrected chi connectivity index (χ2v) is 16.1. The Bertz CT molecular complexity index is 3650. The lowest BCUT2D eigenvalue weighted by Gasteiger charge is -2.41. The fourth-order valence-corrected chi connectivity index (χ4v) is 10.9. The summed E-state index contributed by atoms with van der Waals surface area (Å²) in [5.41, 5.74) is 14.0. The summed E-state index contributed by atoms with van der Waals surface area (Å²) in [6, 6.07) is 70.9. The number of hydrogen-bond donors (Lipinski definition) is 0. The zero-order valence-corrected chi connectivity index (χ0v) is 30.9. The number of aromatic nitrogens is 1. The monoisotopic (exact) mass is 718 g/mol. The standard InChI is InChI=1S/C54H31BN2/c1-2-16-41(17-3-1)56-47-29-35-12-5-4-11-34(35)27-44(47)55-45-28-36-13-6-7-18-42(36)52-43-19-8-9-20-46(43)57(54(45)52)49-31-40(30-48(56)53(49)55)39-25-37-23-21-32-14-10-15-33-22-24-38(26-39)51(37)50(32)33/h1-31H. The van der Waals surface area contributed by atoms with Gasteiger partial charge in [0.2, 0.25) is 0 Å². The third-order valence-electron chi connectivity index (χ3n) is 13.2. The minimum Gasteiger partial charge on any atom is -0.311 e. The molecule has 1 aromatic heterocycles. The van der Waals surface area contributed by atoms with Gasteiger partial charge < -0.3 is 9.47 Å². The average Bonchev–Trinajstić information content (AvgIpc) is 3.62. The van der Waals surface area contributed by atoms with Gasteiger partial charge in [0.15, 0.2) is 0 Å². The van der Waals surface area contributed by atoms with Gasteiger partial charge in [0.25, 0.3) is 6.71 Å². The molecule has 0 N–H and O–H groups in total. The van der Waals surface area contributed by atoms with Crippen LogP contribution in [0.4, 0.5) is 17.1 Å². The molecule has 0 radical (unpaired) electrons. The van der Waals surface area contributed by atoms with Crippen LogP contribution < -0.4 is 21.3 Å². The minimum absolute atomic E-state index is 0.0398. The highest BCUT2D eigenvalue weighted by atomic mass is 15.2. The molecule has 0 bridgehead atoms. The minimum atomic E-state index is 0.0398. The molecule has 0 amide bonds. The van der Waals surface area contributed by atoms with Crippen LogP contribution in [0.1, 0.15) is 0 Å². The third-order valence-corrected chi connectivity index (χ3v) is 13.2. The molecule has 0 saturated heterocycles. The van der Waals surface area contributed by atoms with Gasteiger partial charge in [-0.25, -0.2) is 0 Å². The Morgan fingerprint density at radius 1 is 0.351 bits per heavy atom. The van der Waals surface area contributed by atoms with Crippen molar-refractivity contribution in [2.75, 3.05) is 4.90 Å². The van der Waals surface area contributed by atoms with E-state index >= 15 is 0 Å². The van der Waals surface area contributed by atoms with Crippen molar-refractivity contribution in [3.05, 3.63) is 188 Å². The van der Waals surface area contributed by atoms with E-state index in [0.717, 1.165) is 5.69 Å². The molecule has 2 nitrogen and oxygen atoms in total. The topological polar surface area (TPSA) is 8.17 Å². The molecule has 2 aliphatic rings. The second kappa shape index (κ2) is 10.7. The van der Waals surface area contributed by atoms with Crippen molar-refractivity contribution >= 4 is 116 Å². The molecule has 260 valence electrons. The quantitative estimate of drug-likeness (QED) is 0.128. The van der Waals surface area contributed by atoms with E-state index in [1.165, 1.54) is 120 Å². The molecule has 3 heteroatoms. The Morgan fingerprint density at radius 2 is 0.930 bits per heavy atom. The van der Waals surface area contributed by atoms with Crippen LogP contribution in [0.3, 0.4) is 0 Å². The van der Waals surface area contributed by atoms with E-state index in [4.69, 9.17) is 0 Å². The first-order chi connectivity index (χ1) is 28.3. The molecule has 0 fully saturated rings. The van der Waals surface area contributed by atoms with Gasteiger partial charge in [0.05, 0.1) is 11.0 Å². The zero-order chi connectivity index (χ0) is 36.9. The summed E-state index contributed by atoms with van der Waals surface area (Å²) >= 11 is 0. The number of para-hydroxylation sites is 2. The molecule has 0 spiro atoms. The van der Waals surface area contributed by atoms with E-state index in [0.29, 0.717) is 0 Å². The van der Waals surface area contributed by atoms with Crippen LogP contribution in [0.5, 0.6) is 0 Å². The lowest BCUT2D eigenvalue weighted by Crippen LogP contribution is -2.60. The molecule has 57 heavy (non-hydrogen) atoms. The van der Waals surface area contributed by atoms with Crippen molar-refractivity contribution in [1.29, 1.82) is 0 Å². The van der Waals surface area contributed by atoms with E-state index < -0.39 is 0 Å². The summed E-state index contributed by atoms with van der Waals surface area (Å²) in [6.07, 6.45) is 0. The van der Waals surface area contributed by atoms with Crippen LogP contribution in [0.2, 0.25) is 0 Å². The summed E-state index contributed by atoms with van der Waals surface area (Å²) < 4.78 is 2.60. The highest BCUT2D eigenvalue weighted by Crippen LogP contribution is 2.46. The first-order valence-electron chi connectivity index (χ1n) is 20.0. The first kappa shape index (κ1) is 29.9. The lowest BCUT2D eigenvalue weighted by atomic mass is 9.33. The fourth-order valence-electron chi connectivity index (χ4n) is 10.9. The molecule has 14 rings (SSSR count). The summed E-state index contributed by atoms with van der Waals surface area (Å²) in [6.45, 7) is 0.0398. The highest BCUT2D eigenvalue weighted by molar-refractivity contribution is 7.00. The van der Waals surface area contributed by atoms with Crippen molar-refractivity contribution in [2.45, 2.75) is 0 Å². The number of anilines is 3. The van der Waals surface area contributed by atoms with Gasteiger partial charge in [-0.15, -0.1) is 0 Å².